The topological polar surface area (TPSA) is 63.7 Å². The fraction of sp³-hybridized carbons (Fsp3) is 0.348. The van der Waals surface area contributed by atoms with Crippen LogP contribution in [0.4, 0.5) is 0 Å². The van der Waals surface area contributed by atoms with Gasteiger partial charge in [0.1, 0.15) is 6.10 Å². The van der Waals surface area contributed by atoms with E-state index in [-0.39, 0.29) is 17.7 Å². The molecule has 28 heavy (non-hydrogen) atoms. The highest BCUT2D eigenvalue weighted by atomic mass is 16.5. The van der Waals surface area contributed by atoms with Crippen LogP contribution in [0.5, 0.6) is 0 Å². The van der Waals surface area contributed by atoms with Gasteiger partial charge in [-0.1, -0.05) is 56.3 Å². The number of carbonyl (C=O) groups excluding carboxylic acids is 3. The van der Waals surface area contributed by atoms with Crippen molar-refractivity contribution >= 4 is 17.8 Å². The normalized spacial score (nSPS) is 15.5. The average Bonchev–Trinajstić information content (AvgIpc) is 2.91. The number of imide groups is 1. The first-order valence-electron chi connectivity index (χ1n) is 9.56. The van der Waals surface area contributed by atoms with Gasteiger partial charge in [0.25, 0.3) is 11.8 Å². The first-order valence-corrected chi connectivity index (χ1v) is 9.56. The minimum Gasteiger partial charge on any atom is -0.460 e. The number of benzene rings is 2. The monoisotopic (exact) mass is 379 g/mol. The SMILES string of the molecule is CC(=O)O[C@@H](Cc1ccccc1)[C@H](CC(C)C)N1C(=O)c2ccccc2C1=O. The zero-order chi connectivity index (χ0) is 20.3. The molecule has 146 valence electrons. The van der Waals surface area contributed by atoms with E-state index in [1.165, 1.54) is 11.8 Å². The Bertz CT molecular complexity index is 840. The fourth-order valence-corrected chi connectivity index (χ4v) is 3.73. The van der Waals surface area contributed by atoms with Crippen molar-refractivity contribution in [3.63, 3.8) is 0 Å². The molecule has 5 heteroatoms. The van der Waals surface area contributed by atoms with Gasteiger partial charge >= 0.3 is 5.97 Å². The molecule has 2 aromatic carbocycles. The first-order chi connectivity index (χ1) is 13.4. The maximum Gasteiger partial charge on any atom is 0.302 e. The van der Waals surface area contributed by atoms with Crippen LogP contribution in [0.15, 0.2) is 54.6 Å². The third kappa shape index (κ3) is 4.14. The number of fused-ring (bicyclic) bond motifs is 1. The number of hydrogen-bond donors (Lipinski definition) is 0. The van der Waals surface area contributed by atoms with E-state index in [9.17, 15) is 14.4 Å². The van der Waals surface area contributed by atoms with Crippen LogP contribution in [0.25, 0.3) is 0 Å². The Labute approximate surface area is 165 Å². The van der Waals surface area contributed by atoms with Gasteiger partial charge in [0.15, 0.2) is 0 Å². The predicted molar refractivity (Wildman–Crippen MR) is 106 cm³/mol. The number of rotatable bonds is 7. The summed E-state index contributed by atoms with van der Waals surface area (Å²) in [7, 11) is 0. The lowest BCUT2D eigenvalue weighted by atomic mass is 9.93. The first kappa shape index (κ1) is 19.8. The molecule has 0 saturated heterocycles. The number of nitrogens with zero attached hydrogens (tertiary/aromatic N) is 1. The summed E-state index contributed by atoms with van der Waals surface area (Å²) in [6.07, 6.45) is 0.381. The Balaban J connectivity index is 1.98. The van der Waals surface area contributed by atoms with Crippen molar-refractivity contribution in [2.75, 3.05) is 0 Å². The quantitative estimate of drug-likeness (QED) is 0.541. The zero-order valence-electron chi connectivity index (χ0n) is 16.4. The molecule has 0 unspecified atom stereocenters. The molecule has 0 aliphatic carbocycles. The Morgan fingerprint density at radius 3 is 1.96 bits per heavy atom. The van der Waals surface area contributed by atoms with Crippen molar-refractivity contribution in [2.45, 2.75) is 45.8 Å². The van der Waals surface area contributed by atoms with E-state index >= 15 is 0 Å². The maximum atomic E-state index is 13.0. The minimum absolute atomic E-state index is 0.211. The number of ether oxygens (including phenoxy) is 1. The Kier molecular flexibility index (Phi) is 5.93. The molecular formula is C23H25NO4. The highest BCUT2D eigenvalue weighted by Gasteiger charge is 2.43. The predicted octanol–water partition coefficient (Wildman–Crippen LogP) is 3.87. The van der Waals surface area contributed by atoms with Gasteiger partial charge in [0.2, 0.25) is 0 Å². The Morgan fingerprint density at radius 1 is 0.929 bits per heavy atom. The van der Waals surface area contributed by atoms with E-state index in [4.69, 9.17) is 4.74 Å². The second-order valence-corrected chi connectivity index (χ2v) is 7.56. The molecule has 5 nitrogen and oxygen atoms in total. The van der Waals surface area contributed by atoms with Crippen LogP contribution in [0.3, 0.4) is 0 Å². The number of hydrogen-bond acceptors (Lipinski definition) is 4. The third-order valence-electron chi connectivity index (χ3n) is 4.90. The van der Waals surface area contributed by atoms with E-state index in [1.54, 1.807) is 24.3 Å². The maximum absolute atomic E-state index is 13.0. The van der Waals surface area contributed by atoms with Gasteiger partial charge in [-0.05, 0) is 30.0 Å². The molecule has 0 aromatic heterocycles. The van der Waals surface area contributed by atoms with Gasteiger partial charge in [-0.15, -0.1) is 0 Å². The lowest BCUT2D eigenvalue weighted by Gasteiger charge is -2.34. The number of amides is 2. The summed E-state index contributed by atoms with van der Waals surface area (Å²) < 4.78 is 5.64. The molecule has 2 atom stereocenters. The fourth-order valence-electron chi connectivity index (χ4n) is 3.73. The van der Waals surface area contributed by atoms with Crippen molar-refractivity contribution in [3.05, 3.63) is 71.3 Å². The van der Waals surface area contributed by atoms with Crippen molar-refractivity contribution in [3.8, 4) is 0 Å². The van der Waals surface area contributed by atoms with Crippen LogP contribution in [-0.2, 0) is 16.0 Å². The zero-order valence-corrected chi connectivity index (χ0v) is 16.4. The molecule has 2 aromatic rings. The average molecular weight is 379 g/mol. The second-order valence-electron chi connectivity index (χ2n) is 7.56. The standard InChI is InChI=1S/C23H25NO4/c1-15(2)13-20(21(28-16(3)25)14-17-9-5-4-6-10-17)24-22(26)18-11-7-8-12-19(18)23(24)27/h4-12,15,20-21H,13-14H2,1-3H3/t20-,21-/m0/s1. The minimum atomic E-state index is -0.607. The lowest BCUT2D eigenvalue weighted by Crippen LogP contribution is -2.49. The van der Waals surface area contributed by atoms with Crippen LogP contribution in [0.2, 0.25) is 0 Å². The lowest BCUT2D eigenvalue weighted by molar-refractivity contribution is -0.149. The summed E-state index contributed by atoms with van der Waals surface area (Å²) >= 11 is 0. The molecule has 3 rings (SSSR count). The van der Waals surface area contributed by atoms with Crippen molar-refractivity contribution in [2.24, 2.45) is 5.92 Å². The summed E-state index contributed by atoms with van der Waals surface area (Å²) in [5.74, 6) is -0.859. The summed E-state index contributed by atoms with van der Waals surface area (Å²) in [6, 6.07) is 15.9. The summed E-state index contributed by atoms with van der Waals surface area (Å²) in [6.45, 7) is 5.41. The van der Waals surface area contributed by atoms with E-state index in [0.29, 0.717) is 24.0 Å². The molecule has 0 bridgehead atoms. The summed E-state index contributed by atoms with van der Waals surface area (Å²) in [5, 5.41) is 0. The van der Waals surface area contributed by atoms with Crippen LogP contribution in [0.1, 0.15) is 53.5 Å². The third-order valence-corrected chi connectivity index (χ3v) is 4.90. The van der Waals surface area contributed by atoms with Crippen molar-refractivity contribution in [1.29, 1.82) is 0 Å². The molecule has 0 fully saturated rings. The Hall–Kier alpha value is -2.95. The van der Waals surface area contributed by atoms with Gasteiger partial charge in [-0.3, -0.25) is 19.3 Å². The molecule has 2 amide bonds. The summed E-state index contributed by atoms with van der Waals surface area (Å²) in [5.41, 5.74) is 1.80. The molecule has 0 spiro atoms. The molecule has 0 N–H and O–H groups in total. The van der Waals surface area contributed by atoms with Gasteiger partial charge in [-0.25, -0.2) is 0 Å². The van der Waals surface area contributed by atoms with Crippen molar-refractivity contribution < 1.29 is 19.1 Å². The smallest absolute Gasteiger partial charge is 0.302 e. The summed E-state index contributed by atoms with van der Waals surface area (Å²) in [4.78, 5) is 39.2. The van der Waals surface area contributed by atoms with Crippen LogP contribution in [0, 0.1) is 5.92 Å². The molecule has 1 heterocycles. The second kappa shape index (κ2) is 8.38. The van der Waals surface area contributed by atoms with E-state index in [1.807, 2.05) is 44.2 Å². The molecule has 0 saturated carbocycles. The van der Waals surface area contributed by atoms with Gasteiger partial charge in [0, 0.05) is 13.3 Å². The number of esters is 1. The molecule has 1 aliphatic heterocycles. The largest absolute Gasteiger partial charge is 0.460 e. The Morgan fingerprint density at radius 2 is 1.46 bits per heavy atom. The van der Waals surface area contributed by atoms with Gasteiger partial charge in [-0.2, -0.15) is 0 Å². The van der Waals surface area contributed by atoms with Crippen LogP contribution < -0.4 is 0 Å². The molecular weight excluding hydrogens is 354 g/mol. The highest BCUT2D eigenvalue weighted by molar-refractivity contribution is 6.21. The van der Waals surface area contributed by atoms with E-state index in [0.717, 1.165) is 5.56 Å². The van der Waals surface area contributed by atoms with E-state index in [2.05, 4.69) is 0 Å². The van der Waals surface area contributed by atoms with Gasteiger partial charge < -0.3 is 4.74 Å². The molecule has 1 aliphatic rings. The highest BCUT2D eigenvalue weighted by Crippen LogP contribution is 2.30. The van der Waals surface area contributed by atoms with Crippen LogP contribution >= 0.6 is 0 Å². The molecule has 0 radical (unpaired) electrons. The van der Waals surface area contributed by atoms with E-state index < -0.39 is 18.1 Å². The van der Waals surface area contributed by atoms with Crippen molar-refractivity contribution in [1.82, 2.24) is 4.90 Å². The van der Waals surface area contributed by atoms with Crippen LogP contribution in [-0.4, -0.2) is 34.8 Å². The number of carbonyl (C=O) groups is 3. The van der Waals surface area contributed by atoms with Gasteiger partial charge in [0.05, 0.1) is 17.2 Å².